The van der Waals surface area contributed by atoms with E-state index in [1.807, 2.05) is 28.7 Å². The van der Waals surface area contributed by atoms with Gasteiger partial charge in [-0.15, -0.1) is 11.3 Å². The average Bonchev–Trinajstić information content (AvgIpc) is 3.20. The van der Waals surface area contributed by atoms with E-state index in [4.69, 9.17) is 4.98 Å². The third kappa shape index (κ3) is 3.21. The summed E-state index contributed by atoms with van der Waals surface area (Å²) in [5.74, 6) is -0.619. The number of hydrogen-bond acceptors (Lipinski definition) is 7. The van der Waals surface area contributed by atoms with Gasteiger partial charge in [0.05, 0.1) is 15.6 Å². The molecule has 5 heterocycles. The Kier molecular flexibility index (Phi) is 4.67. The number of anilines is 1. The summed E-state index contributed by atoms with van der Waals surface area (Å²) >= 11 is 1.31. The van der Waals surface area contributed by atoms with Gasteiger partial charge in [0.15, 0.2) is 5.65 Å². The standard InChI is InChI=1S/C24H25N5O3S/c1-27-10-6-24(7-11-27)8-12-28(13-9-24)23-25-14-15-19(30)18(22(31)32)21-29(20(15)26-23)16-4-2-3-5-17(16)33-21/h2-5,14H,6-13H2,1H3,(H,31,32). The number of nitrogens with zero attached hydrogens (tertiary/aromatic N) is 5. The molecule has 1 spiro atoms. The third-order valence-corrected chi connectivity index (χ3v) is 8.68. The predicted octanol–water partition coefficient (Wildman–Crippen LogP) is 3.47. The second kappa shape index (κ2) is 7.50. The lowest BCUT2D eigenvalue weighted by atomic mass is 9.71. The zero-order chi connectivity index (χ0) is 22.7. The molecule has 0 amide bonds. The quantitative estimate of drug-likeness (QED) is 0.487. The molecule has 2 aliphatic heterocycles. The first kappa shape index (κ1) is 20.6. The van der Waals surface area contributed by atoms with Crippen molar-refractivity contribution in [2.24, 2.45) is 5.41 Å². The van der Waals surface area contributed by atoms with Crippen LogP contribution in [0.25, 0.3) is 26.1 Å². The number of hydrogen-bond donors (Lipinski definition) is 1. The molecule has 1 N–H and O–H groups in total. The van der Waals surface area contributed by atoms with Gasteiger partial charge in [-0.25, -0.2) is 9.78 Å². The Morgan fingerprint density at radius 2 is 1.79 bits per heavy atom. The van der Waals surface area contributed by atoms with E-state index in [1.165, 1.54) is 30.4 Å². The number of carboxylic acids is 1. The summed E-state index contributed by atoms with van der Waals surface area (Å²) in [5, 5.41) is 10.0. The molecule has 2 fully saturated rings. The van der Waals surface area contributed by atoms with Crippen LogP contribution in [0, 0.1) is 5.41 Å². The van der Waals surface area contributed by atoms with E-state index >= 15 is 0 Å². The topological polar surface area (TPSA) is 91.0 Å². The fourth-order valence-electron chi connectivity index (χ4n) is 5.40. The molecule has 0 radical (unpaired) electrons. The number of likely N-dealkylation sites (tertiary alicyclic amines) is 1. The van der Waals surface area contributed by atoms with Crippen LogP contribution in [0.2, 0.25) is 0 Å². The van der Waals surface area contributed by atoms with Crippen molar-refractivity contribution in [3.63, 3.8) is 0 Å². The van der Waals surface area contributed by atoms with E-state index < -0.39 is 11.4 Å². The SMILES string of the molecule is CN1CCC2(CC1)CCN(c1ncc3c(=O)c(C(=O)O)c4sc5ccccc5n4c3n1)CC2. The molecule has 0 unspecified atom stereocenters. The van der Waals surface area contributed by atoms with E-state index in [-0.39, 0.29) is 10.9 Å². The molecule has 0 aliphatic carbocycles. The highest BCUT2D eigenvalue weighted by Gasteiger charge is 2.37. The fraction of sp³-hybridized carbons (Fsp3) is 0.417. The Labute approximate surface area is 194 Å². The van der Waals surface area contributed by atoms with Gasteiger partial charge >= 0.3 is 5.97 Å². The normalized spacial score (nSPS) is 19.1. The molecule has 0 atom stereocenters. The molecule has 0 saturated carbocycles. The van der Waals surface area contributed by atoms with Crippen molar-refractivity contribution < 1.29 is 9.90 Å². The maximum Gasteiger partial charge on any atom is 0.342 e. The molecule has 2 aliphatic rings. The summed E-state index contributed by atoms with van der Waals surface area (Å²) < 4.78 is 2.72. The van der Waals surface area contributed by atoms with Gasteiger partial charge in [0.2, 0.25) is 11.4 Å². The molecule has 9 heteroatoms. The van der Waals surface area contributed by atoms with Crippen molar-refractivity contribution in [2.75, 3.05) is 38.1 Å². The maximum absolute atomic E-state index is 13.1. The number of pyridine rings is 1. The van der Waals surface area contributed by atoms with E-state index in [2.05, 4.69) is 21.8 Å². The lowest BCUT2D eigenvalue weighted by Crippen LogP contribution is -2.46. The minimum atomic E-state index is -1.23. The summed E-state index contributed by atoms with van der Waals surface area (Å²) in [5.41, 5.74) is 0.992. The van der Waals surface area contributed by atoms with Gasteiger partial charge < -0.3 is 14.9 Å². The number of fused-ring (bicyclic) bond motifs is 5. The molecule has 1 aromatic carbocycles. The van der Waals surface area contributed by atoms with Crippen LogP contribution in [0.3, 0.4) is 0 Å². The summed E-state index contributed by atoms with van der Waals surface area (Å²) in [7, 11) is 2.19. The zero-order valence-corrected chi connectivity index (χ0v) is 19.3. The highest BCUT2D eigenvalue weighted by molar-refractivity contribution is 7.24. The smallest absolute Gasteiger partial charge is 0.342 e. The summed E-state index contributed by atoms with van der Waals surface area (Å²) in [6.07, 6.45) is 6.23. The third-order valence-electron chi connectivity index (χ3n) is 7.54. The molecule has 3 aromatic heterocycles. The van der Waals surface area contributed by atoms with E-state index in [0.717, 1.165) is 49.2 Å². The zero-order valence-electron chi connectivity index (χ0n) is 18.5. The monoisotopic (exact) mass is 463 g/mol. The maximum atomic E-state index is 13.1. The molecule has 170 valence electrons. The van der Waals surface area contributed by atoms with E-state index in [1.54, 1.807) is 0 Å². The lowest BCUT2D eigenvalue weighted by molar-refractivity contribution is 0.0697. The first-order valence-electron chi connectivity index (χ1n) is 11.4. The highest BCUT2D eigenvalue weighted by Crippen LogP contribution is 2.41. The van der Waals surface area contributed by atoms with Crippen molar-refractivity contribution in [3.05, 3.63) is 46.2 Å². The van der Waals surface area contributed by atoms with Gasteiger partial charge in [-0.2, -0.15) is 4.98 Å². The second-order valence-electron chi connectivity index (χ2n) is 9.42. The molecule has 4 aromatic rings. The van der Waals surface area contributed by atoms with Crippen LogP contribution in [0.5, 0.6) is 0 Å². The largest absolute Gasteiger partial charge is 0.477 e. The summed E-state index contributed by atoms with van der Waals surface area (Å²) in [4.78, 5) is 39.4. The summed E-state index contributed by atoms with van der Waals surface area (Å²) in [6, 6.07) is 7.68. The summed E-state index contributed by atoms with van der Waals surface area (Å²) in [6.45, 7) is 4.10. The van der Waals surface area contributed by atoms with Crippen molar-refractivity contribution in [1.29, 1.82) is 0 Å². The number of carboxylic acid groups (broad SMARTS) is 1. The van der Waals surface area contributed by atoms with Gasteiger partial charge in [0.25, 0.3) is 0 Å². The number of para-hydroxylation sites is 1. The van der Waals surface area contributed by atoms with Gasteiger partial charge in [-0.1, -0.05) is 12.1 Å². The number of aromatic nitrogens is 3. The minimum absolute atomic E-state index is 0.220. The van der Waals surface area contributed by atoms with Crippen molar-refractivity contribution >= 4 is 49.3 Å². The molecule has 0 bridgehead atoms. The second-order valence-corrected chi connectivity index (χ2v) is 10.4. The van der Waals surface area contributed by atoms with Crippen molar-refractivity contribution in [3.8, 4) is 0 Å². The Morgan fingerprint density at radius 3 is 2.52 bits per heavy atom. The molecule has 6 rings (SSSR count). The van der Waals surface area contributed by atoms with Crippen LogP contribution in [0.4, 0.5) is 5.95 Å². The molecule has 33 heavy (non-hydrogen) atoms. The Hall–Kier alpha value is -3.04. The number of benzene rings is 1. The number of thiazole rings is 1. The Bertz CT molecular complexity index is 1460. The van der Waals surface area contributed by atoms with Gasteiger partial charge in [-0.05, 0) is 63.4 Å². The van der Waals surface area contributed by atoms with E-state index in [9.17, 15) is 14.7 Å². The first-order valence-corrected chi connectivity index (χ1v) is 12.2. The van der Waals surface area contributed by atoms with Gasteiger partial charge in [0, 0.05) is 19.3 Å². The highest BCUT2D eigenvalue weighted by atomic mass is 32.1. The van der Waals surface area contributed by atoms with Crippen LogP contribution in [0.1, 0.15) is 36.0 Å². The predicted molar refractivity (Wildman–Crippen MR) is 130 cm³/mol. The van der Waals surface area contributed by atoms with Gasteiger partial charge in [0.1, 0.15) is 10.4 Å². The van der Waals surface area contributed by atoms with Crippen molar-refractivity contribution in [1.82, 2.24) is 19.3 Å². The number of carbonyl (C=O) groups is 1. The Morgan fingerprint density at radius 1 is 1.09 bits per heavy atom. The lowest BCUT2D eigenvalue weighted by Gasteiger charge is -2.46. The van der Waals surface area contributed by atoms with Crippen LogP contribution in [-0.2, 0) is 0 Å². The molecule has 2 saturated heterocycles. The number of piperidine rings is 2. The molecular weight excluding hydrogens is 438 g/mol. The van der Waals surface area contributed by atoms with Crippen molar-refractivity contribution in [2.45, 2.75) is 25.7 Å². The fourth-order valence-corrected chi connectivity index (χ4v) is 6.58. The molecular formula is C24H25N5O3S. The van der Waals surface area contributed by atoms with Crippen LogP contribution < -0.4 is 10.3 Å². The average molecular weight is 464 g/mol. The first-order chi connectivity index (χ1) is 16.0. The minimum Gasteiger partial charge on any atom is -0.477 e. The number of aromatic carboxylic acids is 1. The van der Waals surface area contributed by atoms with E-state index in [0.29, 0.717) is 21.8 Å². The van der Waals surface area contributed by atoms with Gasteiger partial charge in [-0.3, -0.25) is 9.20 Å². The Balaban J connectivity index is 1.46. The van der Waals surface area contributed by atoms with Crippen LogP contribution in [0.15, 0.2) is 35.3 Å². The van der Waals surface area contributed by atoms with Crippen LogP contribution >= 0.6 is 11.3 Å². The molecule has 8 nitrogen and oxygen atoms in total. The number of rotatable bonds is 2. The van der Waals surface area contributed by atoms with Crippen LogP contribution in [-0.4, -0.2) is 63.6 Å².